The number of hydrogen-bond acceptors (Lipinski definition) is 6. The van der Waals surface area contributed by atoms with Gasteiger partial charge in [0.1, 0.15) is 11.4 Å². The van der Waals surface area contributed by atoms with E-state index in [0.29, 0.717) is 5.82 Å². The smallest absolute Gasteiger partial charge is 0.334 e. The van der Waals surface area contributed by atoms with E-state index in [1.54, 1.807) is 18.5 Å². The van der Waals surface area contributed by atoms with Crippen molar-refractivity contribution in [1.29, 1.82) is 0 Å². The molecule has 1 saturated heterocycles. The predicted octanol–water partition coefficient (Wildman–Crippen LogP) is 2.44. The number of hydrogen-bond donors (Lipinski definition) is 1. The highest BCUT2D eigenvalue weighted by molar-refractivity contribution is 6.31. The molecular weight excluding hydrogens is 418 g/mol. The zero-order valence-corrected chi connectivity index (χ0v) is 17.8. The minimum atomic E-state index is -0.245. The van der Waals surface area contributed by atoms with Gasteiger partial charge in [0.2, 0.25) is 0 Å². The molecule has 1 aromatic carbocycles. The number of halogens is 1. The Labute approximate surface area is 184 Å². The number of aliphatic hydroxyl groups is 1. The van der Waals surface area contributed by atoms with E-state index in [9.17, 15) is 4.79 Å². The molecule has 31 heavy (non-hydrogen) atoms. The highest BCUT2D eigenvalue weighted by Crippen LogP contribution is 2.42. The number of rotatable bonds is 4. The molecule has 1 fully saturated rings. The fourth-order valence-corrected chi connectivity index (χ4v) is 4.75. The third-order valence-corrected chi connectivity index (χ3v) is 6.66. The number of benzene rings is 1. The number of fused-ring (bicyclic) bond motifs is 1. The lowest BCUT2D eigenvalue weighted by molar-refractivity contribution is 0.0225. The Balaban J connectivity index is 1.27. The molecule has 2 aliphatic heterocycles. The molecule has 2 aromatic heterocycles. The Bertz CT molecular complexity index is 1130. The van der Waals surface area contributed by atoms with Gasteiger partial charge in [0.15, 0.2) is 11.6 Å². The summed E-state index contributed by atoms with van der Waals surface area (Å²) in [5, 5.41) is 18.4. The number of aliphatic hydroxyl groups excluding tert-OH is 1. The third kappa shape index (κ3) is 3.70. The van der Waals surface area contributed by atoms with Crippen LogP contribution in [0.4, 0.5) is 5.82 Å². The summed E-state index contributed by atoms with van der Waals surface area (Å²) in [7, 11) is 0. The summed E-state index contributed by atoms with van der Waals surface area (Å²) in [6.07, 6.45) is 6.99. The van der Waals surface area contributed by atoms with Gasteiger partial charge in [-0.2, -0.15) is 0 Å². The van der Waals surface area contributed by atoms with Gasteiger partial charge in [-0.25, -0.2) is 9.36 Å². The van der Waals surface area contributed by atoms with Crippen LogP contribution in [0.3, 0.4) is 0 Å². The Morgan fingerprint density at radius 3 is 2.58 bits per heavy atom. The molecule has 0 bridgehead atoms. The van der Waals surface area contributed by atoms with Crippen LogP contribution in [0.1, 0.15) is 24.8 Å². The summed E-state index contributed by atoms with van der Waals surface area (Å²) in [5.74, 6) is 2.17. The van der Waals surface area contributed by atoms with Crippen molar-refractivity contribution in [3.05, 3.63) is 63.8 Å². The molecule has 0 aliphatic carbocycles. The van der Waals surface area contributed by atoms with Gasteiger partial charge in [0, 0.05) is 48.9 Å². The van der Waals surface area contributed by atoms with Crippen LogP contribution in [0.25, 0.3) is 5.82 Å². The average molecular weight is 442 g/mol. The molecule has 0 saturated carbocycles. The fourth-order valence-electron chi connectivity index (χ4n) is 4.49. The molecule has 162 valence electrons. The number of anilines is 1. The second-order valence-electron chi connectivity index (χ2n) is 8.11. The molecule has 3 aromatic rings. The van der Waals surface area contributed by atoms with Crippen molar-refractivity contribution in [3.8, 4) is 11.6 Å². The second-order valence-corrected chi connectivity index (χ2v) is 8.51. The first-order valence-corrected chi connectivity index (χ1v) is 10.9. The Kier molecular flexibility index (Phi) is 5.19. The molecule has 0 amide bonds. The summed E-state index contributed by atoms with van der Waals surface area (Å²) < 4.78 is 9.30. The summed E-state index contributed by atoms with van der Waals surface area (Å²) in [6, 6.07) is 9.56. The van der Waals surface area contributed by atoms with Crippen LogP contribution in [0, 0.1) is 0 Å². The van der Waals surface area contributed by atoms with Gasteiger partial charge in [0.25, 0.3) is 0 Å². The molecule has 5 rings (SSSR count). The van der Waals surface area contributed by atoms with Crippen molar-refractivity contribution in [2.75, 3.05) is 24.6 Å². The maximum atomic E-state index is 12.3. The van der Waals surface area contributed by atoms with E-state index in [-0.39, 0.29) is 24.4 Å². The van der Waals surface area contributed by atoms with Crippen LogP contribution in [-0.2, 0) is 13.0 Å². The highest BCUT2D eigenvalue weighted by Gasteiger charge is 2.40. The number of piperidine rings is 1. The Hall–Kier alpha value is -2.84. The highest BCUT2D eigenvalue weighted by atomic mass is 35.5. The Morgan fingerprint density at radius 2 is 1.84 bits per heavy atom. The largest absolute Gasteiger partial charge is 0.487 e. The Morgan fingerprint density at radius 1 is 1.06 bits per heavy atom. The lowest BCUT2D eigenvalue weighted by atomic mass is 9.83. The standard InChI is InChI=1S/C22H24ClN5O3/c23-17-2-1-3-18-16(17)6-7-22(31-18)8-10-26(11-9-22)19-4-5-20(25-24-19)28-13-12-27(14-15-29)21(28)30/h1-5,12-13,29H,6-11,14-15H2. The summed E-state index contributed by atoms with van der Waals surface area (Å²) in [4.78, 5) is 14.5. The van der Waals surface area contributed by atoms with Crippen molar-refractivity contribution in [1.82, 2.24) is 19.3 Å². The van der Waals surface area contributed by atoms with Crippen LogP contribution in [0.5, 0.6) is 5.75 Å². The maximum Gasteiger partial charge on any atom is 0.334 e. The molecule has 2 aliphatic rings. The first-order chi connectivity index (χ1) is 15.1. The van der Waals surface area contributed by atoms with Gasteiger partial charge in [0.05, 0.1) is 13.2 Å². The minimum absolute atomic E-state index is 0.0900. The predicted molar refractivity (Wildman–Crippen MR) is 117 cm³/mol. The van der Waals surface area contributed by atoms with Crippen LogP contribution in [-0.4, -0.2) is 49.7 Å². The van der Waals surface area contributed by atoms with E-state index in [4.69, 9.17) is 21.4 Å². The quantitative estimate of drug-likeness (QED) is 0.669. The third-order valence-electron chi connectivity index (χ3n) is 6.30. The van der Waals surface area contributed by atoms with Crippen LogP contribution in [0.2, 0.25) is 5.02 Å². The average Bonchev–Trinajstić information content (AvgIpc) is 3.15. The van der Waals surface area contributed by atoms with Crippen molar-refractivity contribution >= 4 is 17.4 Å². The van der Waals surface area contributed by atoms with Crippen molar-refractivity contribution in [2.24, 2.45) is 0 Å². The molecule has 0 atom stereocenters. The molecular formula is C22H24ClN5O3. The normalized spacial score (nSPS) is 17.4. The minimum Gasteiger partial charge on any atom is -0.487 e. The van der Waals surface area contributed by atoms with Crippen molar-refractivity contribution < 1.29 is 9.84 Å². The van der Waals surface area contributed by atoms with E-state index in [1.165, 1.54) is 9.13 Å². The van der Waals surface area contributed by atoms with E-state index in [0.717, 1.165) is 60.9 Å². The zero-order valence-electron chi connectivity index (χ0n) is 17.1. The van der Waals surface area contributed by atoms with Gasteiger partial charge in [-0.3, -0.25) is 4.57 Å². The van der Waals surface area contributed by atoms with E-state index in [1.807, 2.05) is 24.3 Å². The van der Waals surface area contributed by atoms with Crippen LogP contribution in [0.15, 0.2) is 47.5 Å². The van der Waals surface area contributed by atoms with Gasteiger partial charge >= 0.3 is 5.69 Å². The number of imidazole rings is 1. The lowest BCUT2D eigenvalue weighted by Gasteiger charge is -2.45. The maximum absolute atomic E-state index is 12.3. The molecule has 0 unspecified atom stereocenters. The molecule has 0 radical (unpaired) electrons. The molecule has 1 spiro atoms. The number of aromatic nitrogens is 4. The van der Waals surface area contributed by atoms with Gasteiger partial charge in [-0.05, 0) is 37.1 Å². The van der Waals surface area contributed by atoms with Gasteiger partial charge in [-0.1, -0.05) is 17.7 Å². The first kappa shape index (κ1) is 20.1. The fraction of sp³-hybridized carbons (Fsp3) is 0.409. The molecule has 1 N–H and O–H groups in total. The zero-order chi connectivity index (χ0) is 21.4. The SMILES string of the molecule is O=c1n(CCO)ccn1-c1ccc(N2CCC3(CCc4c(Cl)cccc4O3)CC2)nn1. The van der Waals surface area contributed by atoms with E-state index in [2.05, 4.69) is 15.1 Å². The first-order valence-electron chi connectivity index (χ1n) is 10.5. The van der Waals surface area contributed by atoms with Crippen LogP contribution < -0.4 is 15.3 Å². The van der Waals surface area contributed by atoms with Crippen LogP contribution >= 0.6 is 11.6 Å². The lowest BCUT2D eigenvalue weighted by Crippen LogP contribution is -2.50. The summed E-state index contributed by atoms with van der Waals surface area (Å²) >= 11 is 6.32. The van der Waals surface area contributed by atoms with E-state index < -0.39 is 0 Å². The number of ether oxygens (including phenoxy) is 1. The van der Waals surface area contributed by atoms with Crippen molar-refractivity contribution in [3.63, 3.8) is 0 Å². The van der Waals surface area contributed by atoms with Crippen molar-refractivity contribution in [2.45, 2.75) is 37.8 Å². The van der Waals surface area contributed by atoms with Gasteiger partial charge < -0.3 is 14.7 Å². The molecule has 8 nitrogen and oxygen atoms in total. The van der Waals surface area contributed by atoms with E-state index >= 15 is 0 Å². The summed E-state index contributed by atoms with van der Waals surface area (Å²) in [5.41, 5.74) is 0.720. The number of nitrogens with zero attached hydrogens (tertiary/aromatic N) is 5. The van der Waals surface area contributed by atoms with Gasteiger partial charge in [-0.15, -0.1) is 10.2 Å². The monoisotopic (exact) mass is 441 g/mol. The topological polar surface area (TPSA) is 85.4 Å². The molecule has 4 heterocycles. The molecule has 9 heteroatoms. The summed E-state index contributed by atoms with van der Waals surface area (Å²) in [6.45, 7) is 1.83. The second kappa shape index (κ2) is 8.01.